The summed E-state index contributed by atoms with van der Waals surface area (Å²) in [6.07, 6.45) is 2.03. The zero-order valence-corrected chi connectivity index (χ0v) is 13.2. The first-order valence-corrected chi connectivity index (χ1v) is 8.09. The Morgan fingerprint density at radius 1 is 1.40 bits per heavy atom. The van der Waals surface area contributed by atoms with Crippen molar-refractivity contribution in [1.29, 1.82) is 0 Å². The zero-order valence-electron chi connectivity index (χ0n) is 12.4. The van der Waals surface area contributed by atoms with Gasteiger partial charge in [-0.3, -0.25) is 10.1 Å². The van der Waals surface area contributed by atoms with Crippen molar-refractivity contribution in [3.63, 3.8) is 0 Å². The molecule has 0 aliphatic carbocycles. The molecule has 0 saturated carbocycles. The summed E-state index contributed by atoms with van der Waals surface area (Å²) in [4.78, 5) is 14.2. The van der Waals surface area contributed by atoms with Crippen molar-refractivity contribution < 1.29 is 9.53 Å². The summed E-state index contributed by atoms with van der Waals surface area (Å²) in [5.74, 6) is 1.00. The number of methoxy groups -OCH3 is 1. The molecule has 0 bridgehead atoms. The van der Waals surface area contributed by atoms with Gasteiger partial charge in [-0.25, -0.2) is 0 Å². The molecule has 4 nitrogen and oxygen atoms in total. The van der Waals surface area contributed by atoms with Gasteiger partial charge in [0.25, 0.3) is 0 Å². The summed E-state index contributed by atoms with van der Waals surface area (Å²) in [6, 6.07) is 7.76. The van der Waals surface area contributed by atoms with E-state index in [1.807, 2.05) is 36.1 Å². The van der Waals surface area contributed by atoms with E-state index in [4.69, 9.17) is 4.74 Å². The van der Waals surface area contributed by atoms with Crippen LogP contribution in [0.3, 0.4) is 0 Å². The maximum atomic E-state index is 12.3. The van der Waals surface area contributed by atoms with Crippen LogP contribution in [0, 0.1) is 0 Å². The lowest BCUT2D eigenvalue weighted by molar-refractivity contribution is -0.129. The molecule has 1 fully saturated rings. The smallest absolute Gasteiger partial charge is 0.241 e. The van der Waals surface area contributed by atoms with Crippen LogP contribution in [0.5, 0.6) is 5.75 Å². The van der Waals surface area contributed by atoms with Crippen LogP contribution in [0.1, 0.15) is 25.6 Å². The average molecular weight is 294 g/mol. The Hall–Kier alpha value is -1.20. The molecule has 1 aromatic rings. The number of carbonyl (C=O) groups excluding carboxylic acids is 1. The molecule has 20 heavy (non-hydrogen) atoms. The average Bonchev–Trinajstić information content (AvgIpc) is 2.75. The fourth-order valence-electron chi connectivity index (χ4n) is 2.38. The maximum absolute atomic E-state index is 12.3. The normalized spacial score (nSPS) is 24.0. The highest BCUT2D eigenvalue weighted by molar-refractivity contribution is 7.99. The lowest BCUT2D eigenvalue weighted by atomic mass is 10.1. The van der Waals surface area contributed by atoms with Crippen LogP contribution in [0.2, 0.25) is 0 Å². The van der Waals surface area contributed by atoms with E-state index in [-0.39, 0.29) is 18.1 Å². The topological polar surface area (TPSA) is 41.6 Å². The molecule has 1 aromatic carbocycles. The van der Waals surface area contributed by atoms with Crippen molar-refractivity contribution >= 4 is 17.7 Å². The van der Waals surface area contributed by atoms with Gasteiger partial charge in [-0.15, -0.1) is 0 Å². The van der Waals surface area contributed by atoms with E-state index in [2.05, 4.69) is 18.5 Å². The zero-order chi connectivity index (χ0) is 14.7. The van der Waals surface area contributed by atoms with Crippen LogP contribution >= 0.6 is 11.8 Å². The molecule has 1 N–H and O–H groups in total. The second-order valence-corrected chi connectivity index (χ2v) is 6.38. The third-order valence-corrected chi connectivity index (χ3v) is 4.61. The number of hydrogen-bond donors (Lipinski definition) is 1. The predicted octanol–water partition coefficient (Wildman–Crippen LogP) is 2.27. The van der Waals surface area contributed by atoms with E-state index < -0.39 is 0 Å². The molecule has 3 unspecified atom stereocenters. The van der Waals surface area contributed by atoms with Gasteiger partial charge in [0.2, 0.25) is 5.91 Å². The third kappa shape index (κ3) is 3.10. The fourth-order valence-corrected chi connectivity index (χ4v) is 2.69. The van der Waals surface area contributed by atoms with Gasteiger partial charge in [0, 0.05) is 11.8 Å². The van der Waals surface area contributed by atoms with E-state index in [9.17, 15) is 4.79 Å². The fraction of sp³-hybridized carbons (Fsp3) is 0.533. The first-order valence-electron chi connectivity index (χ1n) is 6.80. The highest BCUT2D eigenvalue weighted by Crippen LogP contribution is 2.28. The molecule has 110 valence electrons. The Bertz CT molecular complexity index is 463. The van der Waals surface area contributed by atoms with Crippen molar-refractivity contribution in [2.75, 3.05) is 19.9 Å². The van der Waals surface area contributed by atoms with E-state index in [0.717, 1.165) is 17.9 Å². The molecule has 2 rings (SSSR count). The molecule has 1 heterocycles. The Balaban J connectivity index is 2.20. The van der Waals surface area contributed by atoms with Gasteiger partial charge in [0.1, 0.15) is 11.9 Å². The Kier molecular flexibility index (Phi) is 4.94. The Morgan fingerprint density at radius 2 is 2.05 bits per heavy atom. The predicted molar refractivity (Wildman–Crippen MR) is 83.0 cm³/mol. The van der Waals surface area contributed by atoms with Crippen molar-refractivity contribution in [3.05, 3.63) is 29.8 Å². The molecule has 0 radical (unpaired) electrons. The van der Waals surface area contributed by atoms with Crippen LogP contribution in [0.4, 0.5) is 0 Å². The lowest BCUT2D eigenvalue weighted by Crippen LogP contribution is -2.35. The molecule has 1 aliphatic rings. The van der Waals surface area contributed by atoms with E-state index in [1.165, 1.54) is 0 Å². The molecular weight excluding hydrogens is 272 g/mol. The minimum Gasteiger partial charge on any atom is -0.497 e. The van der Waals surface area contributed by atoms with Crippen molar-refractivity contribution in [1.82, 2.24) is 10.2 Å². The number of nitrogens with zero attached hydrogens (tertiary/aromatic N) is 1. The van der Waals surface area contributed by atoms with Gasteiger partial charge in [0.05, 0.1) is 13.2 Å². The number of thioether (sulfide) groups is 1. The number of hydrogen-bond acceptors (Lipinski definition) is 4. The van der Waals surface area contributed by atoms with Crippen LogP contribution in [-0.4, -0.2) is 42.0 Å². The lowest BCUT2D eigenvalue weighted by Gasteiger charge is -2.27. The van der Waals surface area contributed by atoms with Gasteiger partial charge >= 0.3 is 0 Å². The molecule has 1 aliphatic heterocycles. The third-order valence-electron chi connectivity index (χ3n) is 3.66. The van der Waals surface area contributed by atoms with Crippen molar-refractivity contribution in [3.8, 4) is 5.75 Å². The summed E-state index contributed by atoms with van der Waals surface area (Å²) in [7, 11) is 1.65. The highest BCUT2D eigenvalue weighted by atomic mass is 32.2. The van der Waals surface area contributed by atoms with Gasteiger partial charge in [-0.2, -0.15) is 11.8 Å². The SMILES string of the molecule is COc1ccc(C2NC(C)C(=O)N2CC(C)SC)cc1. The van der Waals surface area contributed by atoms with E-state index in [0.29, 0.717) is 5.25 Å². The summed E-state index contributed by atoms with van der Waals surface area (Å²) in [6.45, 7) is 4.82. The van der Waals surface area contributed by atoms with Gasteiger partial charge < -0.3 is 9.64 Å². The van der Waals surface area contributed by atoms with Gasteiger partial charge in [0.15, 0.2) is 0 Å². The monoisotopic (exact) mass is 294 g/mol. The van der Waals surface area contributed by atoms with Gasteiger partial charge in [-0.1, -0.05) is 19.1 Å². The summed E-state index contributed by atoms with van der Waals surface area (Å²) >= 11 is 1.78. The number of amides is 1. The number of nitrogens with one attached hydrogen (secondary N) is 1. The Morgan fingerprint density at radius 3 is 2.60 bits per heavy atom. The molecule has 1 amide bonds. The number of rotatable bonds is 5. The van der Waals surface area contributed by atoms with E-state index in [1.54, 1.807) is 18.9 Å². The molecular formula is C15H22N2O2S. The molecule has 3 atom stereocenters. The molecule has 0 aromatic heterocycles. The second kappa shape index (κ2) is 6.50. The number of carbonyl (C=O) groups is 1. The molecule has 0 spiro atoms. The van der Waals surface area contributed by atoms with Crippen molar-refractivity contribution in [2.45, 2.75) is 31.3 Å². The van der Waals surface area contributed by atoms with Gasteiger partial charge in [-0.05, 0) is 30.9 Å². The quantitative estimate of drug-likeness (QED) is 0.904. The number of benzene rings is 1. The summed E-state index contributed by atoms with van der Waals surface area (Å²) in [5.41, 5.74) is 1.09. The Labute approximate surface area is 124 Å². The first kappa shape index (κ1) is 15.2. The molecule has 5 heteroatoms. The second-order valence-electron chi connectivity index (χ2n) is 5.10. The minimum atomic E-state index is -0.129. The summed E-state index contributed by atoms with van der Waals surface area (Å²) in [5, 5.41) is 3.79. The standard InChI is InChI=1S/C15H22N2O2S/c1-10(20-4)9-17-14(16-11(2)15(17)18)12-5-7-13(19-3)8-6-12/h5-8,10-11,14,16H,9H2,1-4H3. The van der Waals surface area contributed by atoms with Crippen LogP contribution in [0.15, 0.2) is 24.3 Å². The summed E-state index contributed by atoms with van der Waals surface area (Å²) < 4.78 is 5.18. The van der Waals surface area contributed by atoms with Crippen LogP contribution in [-0.2, 0) is 4.79 Å². The van der Waals surface area contributed by atoms with Crippen LogP contribution < -0.4 is 10.1 Å². The highest BCUT2D eigenvalue weighted by Gasteiger charge is 2.37. The van der Waals surface area contributed by atoms with Crippen LogP contribution in [0.25, 0.3) is 0 Å². The largest absolute Gasteiger partial charge is 0.497 e. The van der Waals surface area contributed by atoms with E-state index >= 15 is 0 Å². The first-order chi connectivity index (χ1) is 9.56. The van der Waals surface area contributed by atoms with Crippen molar-refractivity contribution in [2.24, 2.45) is 0 Å². The molecule has 1 saturated heterocycles. The number of ether oxygens (including phenoxy) is 1. The minimum absolute atomic E-state index is 0.0435. The maximum Gasteiger partial charge on any atom is 0.241 e.